The van der Waals surface area contributed by atoms with Gasteiger partial charge in [0.1, 0.15) is 0 Å². The molecule has 2 N–H and O–H groups in total. The van der Waals surface area contributed by atoms with Gasteiger partial charge in [0.15, 0.2) is 0 Å². The molecule has 0 radical (unpaired) electrons. The predicted octanol–water partition coefficient (Wildman–Crippen LogP) is 2.82. The van der Waals surface area contributed by atoms with E-state index in [-0.39, 0.29) is 12.5 Å². The van der Waals surface area contributed by atoms with Gasteiger partial charge in [-0.2, -0.15) is 0 Å². The second-order valence-corrected chi connectivity index (χ2v) is 3.45. The number of carboxylic acid groups (broad SMARTS) is 1. The summed E-state index contributed by atoms with van der Waals surface area (Å²) in [6, 6.07) is 0. The Labute approximate surface area is 87.1 Å². The maximum atomic E-state index is 9.37. The Morgan fingerprint density at radius 1 is 1.21 bits per heavy atom. The molecule has 0 spiro atoms. The van der Waals surface area contributed by atoms with E-state index in [1.165, 1.54) is 25.7 Å². The molecule has 0 bridgehead atoms. The molecule has 3 nitrogen and oxygen atoms in total. The van der Waals surface area contributed by atoms with Crippen LogP contribution in [0.15, 0.2) is 0 Å². The van der Waals surface area contributed by atoms with E-state index >= 15 is 0 Å². The van der Waals surface area contributed by atoms with Crippen LogP contribution in [-0.2, 0) is 4.79 Å². The number of aliphatic hydroxyl groups is 1. The van der Waals surface area contributed by atoms with Gasteiger partial charge in [0, 0.05) is 6.42 Å². The van der Waals surface area contributed by atoms with E-state index in [0.29, 0.717) is 0 Å². The van der Waals surface area contributed by atoms with Crippen molar-refractivity contribution in [2.24, 2.45) is 0 Å². The Balaban J connectivity index is 0. The van der Waals surface area contributed by atoms with Crippen LogP contribution in [0.1, 0.15) is 59.3 Å². The van der Waals surface area contributed by atoms with Crippen LogP contribution in [0, 0.1) is 0 Å². The third-order valence-corrected chi connectivity index (χ3v) is 1.78. The largest absolute Gasteiger partial charge is 0.481 e. The van der Waals surface area contributed by atoms with Gasteiger partial charge in [0.25, 0.3) is 0 Å². The van der Waals surface area contributed by atoms with Crippen LogP contribution >= 0.6 is 0 Å². The van der Waals surface area contributed by atoms with E-state index in [1.807, 2.05) is 6.92 Å². The van der Waals surface area contributed by atoms with E-state index in [9.17, 15) is 4.79 Å². The van der Waals surface area contributed by atoms with E-state index in [0.717, 1.165) is 6.42 Å². The summed E-state index contributed by atoms with van der Waals surface area (Å²) in [7, 11) is 0. The smallest absolute Gasteiger partial charge is 0.303 e. The fraction of sp³-hybridized carbons (Fsp3) is 0.909. The van der Waals surface area contributed by atoms with Crippen molar-refractivity contribution in [3.8, 4) is 0 Å². The van der Waals surface area contributed by atoms with Gasteiger partial charge < -0.3 is 10.2 Å². The number of aliphatic carboxylic acids is 1. The highest BCUT2D eigenvalue weighted by atomic mass is 16.4. The zero-order valence-corrected chi connectivity index (χ0v) is 9.62. The normalized spacial score (nSPS) is 11.4. The Kier molecular flexibility index (Phi) is 14.1. The van der Waals surface area contributed by atoms with Crippen LogP contribution in [0.2, 0.25) is 0 Å². The van der Waals surface area contributed by atoms with Crippen LogP contribution in [0.5, 0.6) is 0 Å². The molecule has 14 heavy (non-hydrogen) atoms. The topological polar surface area (TPSA) is 57.5 Å². The summed E-state index contributed by atoms with van der Waals surface area (Å²) < 4.78 is 0. The van der Waals surface area contributed by atoms with E-state index in [1.54, 1.807) is 6.92 Å². The van der Waals surface area contributed by atoms with Gasteiger partial charge >= 0.3 is 5.97 Å². The zero-order chi connectivity index (χ0) is 11.4. The molecule has 0 aromatic rings. The van der Waals surface area contributed by atoms with Gasteiger partial charge in [-0.3, -0.25) is 4.79 Å². The lowest BCUT2D eigenvalue weighted by atomic mass is 10.1. The van der Waals surface area contributed by atoms with E-state index in [4.69, 9.17) is 10.2 Å². The van der Waals surface area contributed by atoms with Crippen LogP contribution in [0.4, 0.5) is 0 Å². The minimum atomic E-state index is -0.745. The number of carbonyl (C=O) groups is 1. The number of hydrogen-bond donors (Lipinski definition) is 2. The van der Waals surface area contributed by atoms with Crippen molar-refractivity contribution in [1.82, 2.24) is 0 Å². The van der Waals surface area contributed by atoms with E-state index in [2.05, 4.69) is 6.92 Å². The first kappa shape index (κ1) is 15.9. The Morgan fingerprint density at radius 3 is 2.00 bits per heavy atom. The van der Waals surface area contributed by atoms with Crippen molar-refractivity contribution in [2.45, 2.75) is 65.4 Å². The average molecular weight is 204 g/mol. The highest BCUT2D eigenvalue weighted by molar-refractivity contribution is 5.66. The number of rotatable bonds is 6. The monoisotopic (exact) mass is 204 g/mol. The molecule has 0 aromatic heterocycles. The second kappa shape index (κ2) is 12.4. The predicted molar refractivity (Wildman–Crippen MR) is 58.4 cm³/mol. The Morgan fingerprint density at radius 2 is 1.71 bits per heavy atom. The molecule has 0 rings (SSSR count). The van der Waals surface area contributed by atoms with Crippen LogP contribution in [-0.4, -0.2) is 22.3 Å². The molecule has 0 fully saturated rings. The molecule has 0 aliphatic heterocycles. The molecule has 0 saturated carbocycles. The average Bonchev–Trinajstić information content (AvgIpc) is 2.13. The highest BCUT2D eigenvalue weighted by Gasteiger charge is 1.93. The first-order valence-corrected chi connectivity index (χ1v) is 5.44. The molecule has 0 amide bonds. The molecule has 86 valence electrons. The summed E-state index contributed by atoms with van der Waals surface area (Å²) >= 11 is 0. The van der Waals surface area contributed by atoms with Gasteiger partial charge in [0.05, 0.1) is 6.10 Å². The fourth-order valence-corrected chi connectivity index (χ4v) is 0.867. The van der Waals surface area contributed by atoms with Crippen molar-refractivity contribution >= 4 is 5.97 Å². The molecule has 3 heteroatoms. The summed E-state index contributed by atoms with van der Waals surface area (Å²) in [5.41, 5.74) is 0. The van der Waals surface area contributed by atoms with E-state index < -0.39 is 5.97 Å². The molecule has 0 saturated heterocycles. The molecule has 0 unspecified atom stereocenters. The standard InChI is InChI=1S/C8H18O.C3H6O2/c1-3-4-5-6-7-8(2)9;1-2-3(4)5/h8-9H,3-7H2,1-2H3;2H2,1H3,(H,4,5)/t8-;/m1./s1. The second-order valence-electron chi connectivity index (χ2n) is 3.45. The number of hydrogen-bond acceptors (Lipinski definition) is 2. The summed E-state index contributed by atoms with van der Waals surface area (Å²) in [5, 5.41) is 16.6. The Bertz CT molecular complexity index is 122. The molecular formula is C11H24O3. The maximum absolute atomic E-state index is 9.37. The van der Waals surface area contributed by atoms with Crippen molar-refractivity contribution < 1.29 is 15.0 Å². The molecule has 0 aliphatic rings. The molecular weight excluding hydrogens is 180 g/mol. The lowest BCUT2D eigenvalue weighted by Gasteiger charge is -2.01. The SMILES string of the molecule is CCC(=O)O.CCCCCC[C@@H](C)O. The van der Waals surface area contributed by atoms with Crippen LogP contribution < -0.4 is 0 Å². The lowest BCUT2D eigenvalue weighted by Crippen LogP contribution is -1.97. The van der Waals surface area contributed by atoms with Crippen LogP contribution in [0.25, 0.3) is 0 Å². The molecule has 0 aliphatic carbocycles. The van der Waals surface area contributed by atoms with Crippen molar-refractivity contribution in [3.05, 3.63) is 0 Å². The highest BCUT2D eigenvalue weighted by Crippen LogP contribution is 2.04. The summed E-state index contributed by atoms with van der Waals surface area (Å²) in [5.74, 6) is -0.745. The van der Waals surface area contributed by atoms with Gasteiger partial charge in [0.2, 0.25) is 0 Å². The lowest BCUT2D eigenvalue weighted by molar-refractivity contribution is -0.136. The van der Waals surface area contributed by atoms with Crippen molar-refractivity contribution in [1.29, 1.82) is 0 Å². The third-order valence-electron chi connectivity index (χ3n) is 1.78. The Hall–Kier alpha value is -0.570. The zero-order valence-electron chi connectivity index (χ0n) is 9.62. The first-order valence-electron chi connectivity index (χ1n) is 5.44. The fourth-order valence-electron chi connectivity index (χ4n) is 0.867. The number of carboxylic acids is 1. The maximum Gasteiger partial charge on any atom is 0.303 e. The minimum absolute atomic E-state index is 0.0955. The van der Waals surface area contributed by atoms with Gasteiger partial charge in [-0.1, -0.05) is 39.5 Å². The van der Waals surface area contributed by atoms with Crippen molar-refractivity contribution in [3.63, 3.8) is 0 Å². The summed E-state index contributed by atoms with van der Waals surface area (Å²) in [6.07, 6.45) is 6.15. The third kappa shape index (κ3) is 22.5. The molecule has 1 atom stereocenters. The summed E-state index contributed by atoms with van der Waals surface area (Å²) in [6.45, 7) is 5.65. The number of aliphatic hydroxyl groups excluding tert-OH is 1. The van der Waals surface area contributed by atoms with Crippen molar-refractivity contribution in [2.75, 3.05) is 0 Å². The first-order chi connectivity index (χ1) is 6.54. The quantitative estimate of drug-likeness (QED) is 0.654. The minimum Gasteiger partial charge on any atom is -0.481 e. The van der Waals surface area contributed by atoms with Gasteiger partial charge in [-0.05, 0) is 13.3 Å². The van der Waals surface area contributed by atoms with Gasteiger partial charge in [-0.15, -0.1) is 0 Å². The molecule has 0 aromatic carbocycles. The van der Waals surface area contributed by atoms with Gasteiger partial charge in [-0.25, -0.2) is 0 Å². The molecule has 0 heterocycles. The number of unbranched alkanes of at least 4 members (excludes halogenated alkanes) is 3. The summed E-state index contributed by atoms with van der Waals surface area (Å²) in [4.78, 5) is 9.37. The van der Waals surface area contributed by atoms with Crippen LogP contribution in [0.3, 0.4) is 0 Å².